The number of nitrogens with one attached hydrogen (secondary N) is 1. The molecule has 0 saturated carbocycles. The lowest BCUT2D eigenvalue weighted by Crippen LogP contribution is -2.37. The lowest BCUT2D eigenvalue weighted by atomic mass is 9.84. The van der Waals surface area contributed by atoms with Gasteiger partial charge in [0.2, 0.25) is 0 Å². The van der Waals surface area contributed by atoms with Gasteiger partial charge < -0.3 is 11.1 Å². The summed E-state index contributed by atoms with van der Waals surface area (Å²) < 4.78 is 13.2. The van der Waals surface area contributed by atoms with Gasteiger partial charge in [-0.25, -0.2) is 4.39 Å². The number of carbonyl (C=O) groups excluding carboxylic acids is 1. The Labute approximate surface area is 134 Å². The van der Waals surface area contributed by atoms with E-state index in [0.29, 0.717) is 11.6 Å². The molecule has 5 heteroatoms. The highest BCUT2D eigenvalue weighted by atomic mass is 35.5. The van der Waals surface area contributed by atoms with Crippen molar-refractivity contribution in [2.75, 3.05) is 12.3 Å². The highest BCUT2D eigenvalue weighted by Gasteiger charge is 2.22. The highest BCUT2D eigenvalue weighted by Crippen LogP contribution is 2.24. The van der Waals surface area contributed by atoms with Crippen molar-refractivity contribution >= 4 is 23.2 Å². The summed E-state index contributed by atoms with van der Waals surface area (Å²) in [5.41, 5.74) is 6.87. The van der Waals surface area contributed by atoms with Gasteiger partial charge in [-0.15, -0.1) is 0 Å². The van der Waals surface area contributed by atoms with Crippen LogP contribution < -0.4 is 11.1 Å². The molecule has 0 heterocycles. The number of hydrogen-bond donors (Lipinski definition) is 2. The Kier molecular flexibility index (Phi) is 4.71. The normalized spacial score (nSPS) is 11.3. The van der Waals surface area contributed by atoms with Gasteiger partial charge in [-0.05, 0) is 35.9 Å². The van der Waals surface area contributed by atoms with Crippen molar-refractivity contribution < 1.29 is 9.18 Å². The van der Waals surface area contributed by atoms with Crippen LogP contribution in [0.5, 0.6) is 0 Å². The van der Waals surface area contributed by atoms with E-state index in [1.165, 1.54) is 12.1 Å². The molecule has 0 spiro atoms. The van der Waals surface area contributed by atoms with Crippen molar-refractivity contribution in [2.24, 2.45) is 0 Å². The quantitative estimate of drug-likeness (QED) is 0.843. The number of benzene rings is 2. The Bertz CT molecular complexity index is 684. The van der Waals surface area contributed by atoms with Gasteiger partial charge in [-0.2, -0.15) is 0 Å². The number of rotatable bonds is 4. The van der Waals surface area contributed by atoms with Gasteiger partial charge in [0.25, 0.3) is 5.91 Å². The van der Waals surface area contributed by atoms with Crippen LogP contribution in [0.3, 0.4) is 0 Å². The van der Waals surface area contributed by atoms with Crippen LogP contribution in [0.1, 0.15) is 29.8 Å². The van der Waals surface area contributed by atoms with Gasteiger partial charge in [0.15, 0.2) is 0 Å². The third kappa shape index (κ3) is 3.77. The molecule has 116 valence electrons. The lowest BCUT2D eigenvalue weighted by molar-refractivity contribution is 0.0946. The zero-order valence-corrected chi connectivity index (χ0v) is 13.2. The van der Waals surface area contributed by atoms with Crippen LogP contribution in [0.15, 0.2) is 42.5 Å². The molecule has 0 unspecified atom stereocenters. The minimum absolute atomic E-state index is 0.145. The van der Waals surface area contributed by atoms with Crippen molar-refractivity contribution in [2.45, 2.75) is 19.3 Å². The maximum Gasteiger partial charge on any atom is 0.253 e. The number of nitrogen functional groups attached to an aromatic ring is 1. The summed E-state index contributed by atoms with van der Waals surface area (Å²) in [6.07, 6.45) is 0. The van der Waals surface area contributed by atoms with E-state index >= 15 is 0 Å². The first kappa shape index (κ1) is 16.3. The van der Waals surface area contributed by atoms with Gasteiger partial charge in [0.1, 0.15) is 5.82 Å². The van der Waals surface area contributed by atoms with Gasteiger partial charge in [0.05, 0.1) is 5.56 Å². The molecule has 0 aliphatic rings. The first-order chi connectivity index (χ1) is 10.3. The minimum atomic E-state index is -0.490. The number of anilines is 1. The molecule has 3 N–H and O–H groups in total. The molecule has 0 bridgehead atoms. The van der Waals surface area contributed by atoms with Crippen LogP contribution in [0.4, 0.5) is 10.1 Å². The molecule has 1 amide bonds. The van der Waals surface area contributed by atoms with Gasteiger partial charge in [-0.3, -0.25) is 4.79 Å². The fraction of sp³-hybridized carbons (Fsp3) is 0.235. The summed E-state index contributed by atoms with van der Waals surface area (Å²) in [7, 11) is 0. The Morgan fingerprint density at radius 2 is 1.86 bits per heavy atom. The zero-order chi connectivity index (χ0) is 16.3. The highest BCUT2D eigenvalue weighted by molar-refractivity contribution is 6.30. The van der Waals surface area contributed by atoms with Crippen molar-refractivity contribution in [1.82, 2.24) is 5.32 Å². The SMILES string of the molecule is CC(C)(CNC(=O)c1cc(F)ccc1N)c1ccc(Cl)cc1. The molecular weight excluding hydrogens is 303 g/mol. The number of carbonyl (C=O) groups is 1. The molecule has 0 aliphatic carbocycles. The summed E-state index contributed by atoms with van der Waals surface area (Å²) >= 11 is 5.88. The molecule has 0 aromatic heterocycles. The number of halogens is 2. The Hall–Kier alpha value is -2.07. The maximum atomic E-state index is 13.2. The molecule has 0 radical (unpaired) electrons. The van der Waals surface area contributed by atoms with Crippen molar-refractivity contribution in [3.05, 3.63) is 64.4 Å². The average Bonchev–Trinajstić information content (AvgIpc) is 2.48. The Balaban J connectivity index is 2.09. The number of amides is 1. The number of nitrogens with two attached hydrogens (primary N) is 1. The van der Waals surface area contributed by atoms with Crippen LogP contribution in [0.25, 0.3) is 0 Å². The molecule has 0 saturated heterocycles. The van der Waals surface area contributed by atoms with Gasteiger partial charge in [-0.1, -0.05) is 37.6 Å². The molecular formula is C17H18ClFN2O. The van der Waals surface area contributed by atoms with Crippen molar-refractivity contribution in [1.29, 1.82) is 0 Å². The van der Waals surface area contributed by atoms with Crippen molar-refractivity contribution in [3.63, 3.8) is 0 Å². The molecule has 3 nitrogen and oxygen atoms in total. The Morgan fingerprint density at radius 3 is 2.50 bits per heavy atom. The van der Waals surface area contributed by atoms with E-state index in [9.17, 15) is 9.18 Å². The predicted molar refractivity (Wildman–Crippen MR) is 87.6 cm³/mol. The second-order valence-corrected chi connectivity index (χ2v) is 6.24. The summed E-state index contributed by atoms with van der Waals surface area (Å²) in [6.45, 7) is 4.40. The van der Waals surface area contributed by atoms with Crippen LogP contribution in [-0.2, 0) is 5.41 Å². The standard InChI is InChI=1S/C17H18ClFN2O/c1-17(2,11-3-5-12(18)6-4-11)10-21-16(22)14-9-13(19)7-8-15(14)20/h3-9H,10,20H2,1-2H3,(H,21,22). The maximum absolute atomic E-state index is 13.2. The first-order valence-corrected chi connectivity index (χ1v) is 7.27. The monoisotopic (exact) mass is 320 g/mol. The summed E-state index contributed by atoms with van der Waals surface area (Å²) in [6, 6.07) is 11.2. The molecule has 0 aliphatic heterocycles. The summed E-state index contributed by atoms with van der Waals surface area (Å²) in [5, 5.41) is 3.46. The van der Waals surface area contributed by atoms with E-state index < -0.39 is 5.82 Å². The van der Waals surface area contributed by atoms with Crippen LogP contribution in [0, 0.1) is 5.82 Å². The first-order valence-electron chi connectivity index (χ1n) is 6.89. The molecule has 22 heavy (non-hydrogen) atoms. The number of hydrogen-bond acceptors (Lipinski definition) is 2. The van der Waals surface area contributed by atoms with Crippen LogP contribution >= 0.6 is 11.6 Å². The van der Waals surface area contributed by atoms with Gasteiger partial charge in [0, 0.05) is 22.7 Å². The predicted octanol–water partition coefficient (Wildman–Crippen LogP) is 3.77. The van der Waals surface area contributed by atoms with Crippen molar-refractivity contribution in [3.8, 4) is 0 Å². The minimum Gasteiger partial charge on any atom is -0.398 e. The largest absolute Gasteiger partial charge is 0.398 e. The second-order valence-electron chi connectivity index (χ2n) is 5.81. The van der Waals surface area contributed by atoms with Crippen LogP contribution in [0.2, 0.25) is 5.02 Å². The molecule has 2 rings (SSSR count). The molecule has 2 aromatic rings. The lowest BCUT2D eigenvalue weighted by Gasteiger charge is -2.26. The third-order valence-corrected chi connectivity index (χ3v) is 3.83. The van der Waals surface area contributed by atoms with E-state index in [1.54, 1.807) is 0 Å². The average molecular weight is 321 g/mol. The van der Waals surface area contributed by atoms with E-state index in [2.05, 4.69) is 5.32 Å². The summed E-state index contributed by atoms with van der Waals surface area (Å²) in [4.78, 5) is 12.2. The topological polar surface area (TPSA) is 55.1 Å². The fourth-order valence-corrected chi connectivity index (χ4v) is 2.25. The summed E-state index contributed by atoms with van der Waals surface area (Å²) in [5.74, 6) is -0.879. The Morgan fingerprint density at radius 1 is 1.23 bits per heavy atom. The van der Waals surface area contributed by atoms with E-state index in [-0.39, 0.29) is 22.6 Å². The third-order valence-electron chi connectivity index (χ3n) is 3.58. The molecule has 2 aromatic carbocycles. The second kappa shape index (κ2) is 6.36. The van der Waals surface area contributed by atoms with E-state index in [0.717, 1.165) is 11.6 Å². The zero-order valence-electron chi connectivity index (χ0n) is 12.5. The van der Waals surface area contributed by atoms with Gasteiger partial charge >= 0.3 is 0 Å². The van der Waals surface area contributed by atoms with E-state index in [4.69, 9.17) is 17.3 Å². The smallest absolute Gasteiger partial charge is 0.253 e. The van der Waals surface area contributed by atoms with Crippen LogP contribution in [-0.4, -0.2) is 12.5 Å². The van der Waals surface area contributed by atoms with E-state index in [1.807, 2.05) is 38.1 Å². The molecule has 0 atom stereocenters. The fourth-order valence-electron chi connectivity index (χ4n) is 2.12. The molecule has 0 fully saturated rings.